The molecule has 1 saturated carbocycles. The van der Waals surface area contributed by atoms with E-state index < -0.39 is 0 Å². The summed E-state index contributed by atoms with van der Waals surface area (Å²) in [6.45, 7) is 0. The molecule has 0 spiro atoms. The number of nitrogens with one attached hydrogen (secondary N) is 1. The molecule has 1 N–H and O–H groups in total. The van der Waals surface area contributed by atoms with E-state index in [1.165, 1.54) is 0 Å². The monoisotopic (exact) mass is 337 g/mol. The largest absolute Gasteiger partial charge is 0.497 e. The summed E-state index contributed by atoms with van der Waals surface area (Å²) < 4.78 is 6.88. The number of rotatable bonds is 4. The molecule has 4 rings (SSSR count). The minimum Gasteiger partial charge on any atom is -0.497 e. The molecule has 7 nitrogen and oxygen atoms in total. The second-order valence-electron chi connectivity index (χ2n) is 6.18. The van der Waals surface area contributed by atoms with Crippen molar-refractivity contribution in [3.8, 4) is 5.75 Å². The van der Waals surface area contributed by atoms with E-state index in [2.05, 4.69) is 20.3 Å². The quantitative estimate of drug-likeness (QED) is 0.788. The van der Waals surface area contributed by atoms with Crippen LogP contribution in [0, 0.1) is 0 Å². The minimum atomic E-state index is -0.242. The fraction of sp³-hybridized carbons (Fsp3) is 0.333. The maximum Gasteiger partial charge on any atom is 0.349 e. The van der Waals surface area contributed by atoms with Crippen LogP contribution in [0.15, 0.2) is 41.5 Å². The molecule has 0 atom stereocenters. The molecule has 128 valence electrons. The number of methoxy groups -OCH3 is 1. The predicted molar refractivity (Wildman–Crippen MR) is 95.4 cm³/mol. The highest BCUT2D eigenvalue weighted by Gasteiger charge is 2.21. The molecule has 0 amide bonds. The fourth-order valence-corrected chi connectivity index (χ4v) is 3.30. The summed E-state index contributed by atoms with van der Waals surface area (Å²) in [5.41, 5.74) is 1.25. The molecule has 0 saturated heterocycles. The Balaban J connectivity index is 1.72. The summed E-state index contributed by atoms with van der Waals surface area (Å²) in [5.74, 6) is 1.24. The maximum absolute atomic E-state index is 12.3. The summed E-state index contributed by atoms with van der Waals surface area (Å²) in [5, 5.41) is 3.94. The lowest BCUT2D eigenvalue weighted by atomic mass is 10.2. The first-order chi connectivity index (χ1) is 12.2. The van der Waals surface area contributed by atoms with Crippen molar-refractivity contribution in [3.05, 3.63) is 47.1 Å². The number of fused-ring (bicyclic) bond motifs is 1. The van der Waals surface area contributed by atoms with Gasteiger partial charge in [-0.15, -0.1) is 0 Å². The first-order valence-corrected chi connectivity index (χ1v) is 8.40. The Morgan fingerprint density at radius 1 is 1.12 bits per heavy atom. The zero-order valence-electron chi connectivity index (χ0n) is 14.0. The molecule has 2 aromatic heterocycles. The van der Waals surface area contributed by atoms with Crippen LogP contribution < -0.4 is 15.7 Å². The van der Waals surface area contributed by atoms with E-state index in [-0.39, 0.29) is 11.7 Å². The summed E-state index contributed by atoms with van der Waals surface area (Å²) in [6, 6.07) is 7.68. The second kappa shape index (κ2) is 6.51. The van der Waals surface area contributed by atoms with E-state index in [4.69, 9.17) is 4.74 Å². The molecule has 0 radical (unpaired) electrons. The molecule has 1 fully saturated rings. The van der Waals surface area contributed by atoms with Gasteiger partial charge in [0.25, 0.3) is 0 Å². The van der Waals surface area contributed by atoms with Crippen molar-refractivity contribution >= 4 is 22.7 Å². The van der Waals surface area contributed by atoms with Gasteiger partial charge in [0.15, 0.2) is 5.65 Å². The van der Waals surface area contributed by atoms with Gasteiger partial charge in [-0.2, -0.15) is 4.98 Å². The van der Waals surface area contributed by atoms with Gasteiger partial charge in [0.05, 0.1) is 12.5 Å². The molecule has 0 bridgehead atoms. The lowest BCUT2D eigenvalue weighted by molar-refractivity contribution is 0.415. The van der Waals surface area contributed by atoms with E-state index in [0.717, 1.165) is 42.5 Å². The van der Waals surface area contributed by atoms with Gasteiger partial charge in [0.1, 0.15) is 5.75 Å². The van der Waals surface area contributed by atoms with Crippen LogP contribution in [0.1, 0.15) is 31.7 Å². The van der Waals surface area contributed by atoms with Crippen molar-refractivity contribution in [1.82, 2.24) is 19.5 Å². The minimum absolute atomic E-state index is 0.174. The van der Waals surface area contributed by atoms with Gasteiger partial charge in [-0.25, -0.2) is 14.8 Å². The van der Waals surface area contributed by atoms with Crippen molar-refractivity contribution in [2.75, 3.05) is 12.4 Å². The highest BCUT2D eigenvalue weighted by Crippen LogP contribution is 2.30. The number of benzene rings is 1. The Bertz CT molecular complexity index is 946. The van der Waals surface area contributed by atoms with E-state index in [1.54, 1.807) is 24.1 Å². The van der Waals surface area contributed by atoms with Gasteiger partial charge in [-0.1, -0.05) is 12.8 Å². The average Bonchev–Trinajstić information content (AvgIpc) is 3.16. The molecule has 25 heavy (non-hydrogen) atoms. The molecule has 0 unspecified atom stereocenters. The van der Waals surface area contributed by atoms with Crippen molar-refractivity contribution in [1.29, 1.82) is 0 Å². The van der Waals surface area contributed by atoms with Crippen molar-refractivity contribution in [2.24, 2.45) is 0 Å². The first kappa shape index (κ1) is 15.6. The zero-order valence-corrected chi connectivity index (χ0v) is 14.0. The van der Waals surface area contributed by atoms with E-state index in [9.17, 15) is 4.79 Å². The Hall–Kier alpha value is -2.96. The SMILES string of the molecule is COc1ccc(Nc2ncc3cnc(=O)n(C4CCCC4)c3n2)cc1. The van der Waals surface area contributed by atoms with Crippen molar-refractivity contribution in [2.45, 2.75) is 31.7 Å². The van der Waals surface area contributed by atoms with E-state index in [0.29, 0.717) is 11.6 Å². The molecular formula is C18H19N5O2. The van der Waals surface area contributed by atoms with Gasteiger partial charge in [0, 0.05) is 24.1 Å². The third-order valence-electron chi connectivity index (χ3n) is 4.58. The molecule has 1 aromatic carbocycles. The molecule has 1 aliphatic carbocycles. The molecule has 0 aliphatic heterocycles. The number of hydrogen-bond acceptors (Lipinski definition) is 6. The lowest BCUT2D eigenvalue weighted by Crippen LogP contribution is -2.26. The predicted octanol–water partition coefficient (Wildman–Crippen LogP) is 3.05. The Kier molecular flexibility index (Phi) is 4.05. The third kappa shape index (κ3) is 3.05. The summed E-state index contributed by atoms with van der Waals surface area (Å²) >= 11 is 0. The van der Waals surface area contributed by atoms with Gasteiger partial charge in [-0.3, -0.25) is 4.57 Å². The molecule has 1 aliphatic rings. The summed E-state index contributed by atoms with van der Waals surface area (Å²) in [7, 11) is 1.63. The first-order valence-electron chi connectivity index (χ1n) is 8.40. The molecule has 3 aromatic rings. The van der Waals surface area contributed by atoms with Crippen LogP contribution >= 0.6 is 0 Å². The fourth-order valence-electron chi connectivity index (χ4n) is 3.30. The maximum atomic E-state index is 12.3. The zero-order chi connectivity index (χ0) is 17.2. The van der Waals surface area contributed by atoms with Gasteiger partial charge in [0.2, 0.25) is 5.95 Å². The van der Waals surface area contributed by atoms with Crippen LogP contribution in [0.2, 0.25) is 0 Å². The van der Waals surface area contributed by atoms with Crippen LogP contribution in [0.25, 0.3) is 11.0 Å². The molecule has 7 heteroatoms. The van der Waals surface area contributed by atoms with Crippen LogP contribution in [0.3, 0.4) is 0 Å². The van der Waals surface area contributed by atoms with Crippen LogP contribution in [0.4, 0.5) is 11.6 Å². The highest BCUT2D eigenvalue weighted by atomic mass is 16.5. The van der Waals surface area contributed by atoms with Gasteiger partial charge in [-0.05, 0) is 37.1 Å². The molecular weight excluding hydrogens is 318 g/mol. The van der Waals surface area contributed by atoms with Crippen molar-refractivity contribution < 1.29 is 4.74 Å². The van der Waals surface area contributed by atoms with Crippen LogP contribution in [0.5, 0.6) is 5.75 Å². The molecule has 2 heterocycles. The summed E-state index contributed by atoms with van der Waals surface area (Å²) in [6.07, 6.45) is 7.50. The Labute approximate surface area is 144 Å². The number of hydrogen-bond donors (Lipinski definition) is 1. The Morgan fingerprint density at radius 2 is 1.84 bits per heavy atom. The van der Waals surface area contributed by atoms with Gasteiger partial charge < -0.3 is 10.1 Å². The van der Waals surface area contributed by atoms with Crippen LogP contribution in [-0.2, 0) is 0 Å². The highest BCUT2D eigenvalue weighted by molar-refractivity contribution is 5.74. The average molecular weight is 337 g/mol. The standard InChI is InChI=1S/C18H19N5O2/c1-25-15-8-6-13(7-9-15)21-17-19-10-12-11-20-18(24)23(16(12)22-17)14-4-2-3-5-14/h6-11,14H,2-5H2,1H3,(H,19,21,22). The topological polar surface area (TPSA) is 81.9 Å². The van der Waals surface area contributed by atoms with E-state index >= 15 is 0 Å². The number of aromatic nitrogens is 4. The van der Waals surface area contributed by atoms with Crippen LogP contribution in [-0.4, -0.2) is 26.6 Å². The Morgan fingerprint density at radius 3 is 2.56 bits per heavy atom. The van der Waals surface area contributed by atoms with E-state index in [1.807, 2.05) is 24.3 Å². The number of anilines is 2. The van der Waals surface area contributed by atoms with Crippen molar-refractivity contribution in [3.63, 3.8) is 0 Å². The lowest BCUT2D eigenvalue weighted by Gasteiger charge is -2.15. The third-order valence-corrected chi connectivity index (χ3v) is 4.58. The smallest absolute Gasteiger partial charge is 0.349 e. The number of nitrogens with zero attached hydrogens (tertiary/aromatic N) is 4. The summed E-state index contributed by atoms with van der Waals surface area (Å²) in [4.78, 5) is 25.2. The van der Waals surface area contributed by atoms with Gasteiger partial charge >= 0.3 is 5.69 Å². The second-order valence-corrected chi connectivity index (χ2v) is 6.18. The normalized spacial score (nSPS) is 14.8. The number of ether oxygens (including phenoxy) is 1.